The van der Waals surface area contributed by atoms with Crippen molar-refractivity contribution >= 4 is 15.9 Å². The van der Waals surface area contributed by atoms with Gasteiger partial charge in [0, 0.05) is 17.1 Å². The number of nitrogens with one attached hydrogen (secondary N) is 1. The monoisotopic (exact) mass is 257 g/mol. The standard InChI is InChI=1S/C11H16BrNO/c1-8-3-4-9(7-10(8)12)11(13-2)5-6-14/h3-4,7,11,13-14H,5-6H2,1-2H3. The Hall–Kier alpha value is -0.380. The Balaban J connectivity index is 2.88. The fourth-order valence-electron chi connectivity index (χ4n) is 1.43. The molecule has 0 amide bonds. The van der Waals surface area contributed by atoms with Gasteiger partial charge in [-0.2, -0.15) is 0 Å². The molecule has 1 atom stereocenters. The van der Waals surface area contributed by atoms with Crippen LogP contribution in [0.5, 0.6) is 0 Å². The van der Waals surface area contributed by atoms with Crippen molar-refractivity contribution in [2.75, 3.05) is 13.7 Å². The van der Waals surface area contributed by atoms with Crippen molar-refractivity contribution in [3.05, 3.63) is 33.8 Å². The second kappa shape index (κ2) is 5.49. The molecule has 1 aromatic carbocycles. The molecular weight excluding hydrogens is 242 g/mol. The maximum absolute atomic E-state index is 8.90. The molecule has 0 saturated heterocycles. The van der Waals surface area contributed by atoms with E-state index < -0.39 is 0 Å². The zero-order valence-corrected chi connectivity index (χ0v) is 10.1. The third-order valence-electron chi connectivity index (χ3n) is 2.36. The van der Waals surface area contributed by atoms with E-state index in [1.807, 2.05) is 7.05 Å². The predicted molar refractivity (Wildman–Crippen MR) is 62.4 cm³/mol. The van der Waals surface area contributed by atoms with Gasteiger partial charge in [-0.3, -0.25) is 0 Å². The van der Waals surface area contributed by atoms with Crippen LogP contribution in [0.2, 0.25) is 0 Å². The third kappa shape index (κ3) is 2.80. The lowest BCUT2D eigenvalue weighted by atomic mass is 10.0. The Morgan fingerprint density at radius 3 is 2.71 bits per heavy atom. The van der Waals surface area contributed by atoms with E-state index in [-0.39, 0.29) is 12.6 Å². The first-order valence-electron chi connectivity index (χ1n) is 4.73. The number of hydrogen-bond donors (Lipinski definition) is 2. The molecule has 0 radical (unpaired) electrons. The van der Waals surface area contributed by atoms with Crippen LogP contribution < -0.4 is 5.32 Å². The first-order chi connectivity index (χ1) is 6.69. The van der Waals surface area contributed by atoms with Gasteiger partial charge in [0.1, 0.15) is 0 Å². The highest BCUT2D eigenvalue weighted by Crippen LogP contribution is 2.23. The number of aliphatic hydroxyl groups excluding tert-OH is 1. The summed E-state index contributed by atoms with van der Waals surface area (Å²) in [5.41, 5.74) is 2.44. The number of rotatable bonds is 4. The van der Waals surface area contributed by atoms with Gasteiger partial charge in [-0.05, 0) is 37.6 Å². The molecule has 78 valence electrons. The number of benzene rings is 1. The van der Waals surface area contributed by atoms with E-state index in [0.717, 1.165) is 10.9 Å². The van der Waals surface area contributed by atoms with Crippen molar-refractivity contribution < 1.29 is 5.11 Å². The van der Waals surface area contributed by atoms with Crippen LogP contribution in [0.4, 0.5) is 0 Å². The van der Waals surface area contributed by atoms with Crippen LogP contribution in [0.25, 0.3) is 0 Å². The number of hydrogen-bond acceptors (Lipinski definition) is 2. The summed E-state index contributed by atoms with van der Waals surface area (Å²) >= 11 is 3.50. The van der Waals surface area contributed by atoms with Gasteiger partial charge in [0.2, 0.25) is 0 Å². The van der Waals surface area contributed by atoms with Gasteiger partial charge in [0.15, 0.2) is 0 Å². The summed E-state index contributed by atoms with van der Waals surface area (Å²) in [6.07, 6.45) is 0.742. The van der Waals surface area contributed by atoms with E-state index >= 15 is 0 Å². The van der Waals surface area contributed by atoms with Gasteiger partial charge in [-0.1, -0.05) is 28.1 Å². The van der Waals surface area contributed by atoms with Gasteiger partial charge >= 0.3 is 0 Å². The molecule has 0 heterocycles. The number of aliphatic hydroxyl groups is 1. The topological polar surface area (TPSA) is 32.3 Å². The minimum Gasteiger partial charge on any atom is -0.396 e. The zero-order valence-electron chi connectivity index (χ0n) is 8.55. The van der Waals surface area contributed by atoms with Gasteiger partial charge in [-0.25, -0.2) is 0 Å². The summed E-state index contributed by atoms with van der Waals surface area (Å²) in [5, 5.41) is 12.1. The lowest BCUT2D eigenvalue weighted by Gasteiger charge is -2.16. The van der Waals surface area contributed by atoms with Gasteiger partial charge < -0.3 is 10.4 Å². The molecule has 0 fully saturated rings. The van der Waals surface area contributed by atoms with E-state index in [4.69, 9.17) is 5.11 Å². The zero-order chi connectivity index (χ0) is 10.6. The maximum atomic E-state index is 8.90. The van der Waals surface area contributed by atoms with Crippen molar-refractivity contribution in [1.82, 2.24) is 5.32 Å². The van der Waals surface area contributed by atoms with Crippen LogP contribution in [0.15, 0.2) is 22.7 Å². The molecular formula is C11H16BrNO. The number of halogens is 1. The van der Waals surface area contributed by atoms with Crippen molar-refractivity contribution in [2.24, 2.45) is 0 Å². The molecule has 1 rings (SSSR count). The third-order valence-corrected chi connectivity index (χ3v) is 3.22. The smallest absolute Gasteiger partial charge is 0.0449 e. The van der Waals surface area contributed by atoms with Crippen LogP contribution in [-0.2, 0) is 0 Å². The average Bonchev–Trinajstić information content (AvgIpc) is 2.19. The summed E-state index contributed by atoms with van der Waals surface area (Å²) in [6, 6.07) is 6.52. The largest absolute Gasteiger partial charge is 0.396 e. The number of aryl methyl sites for hydroxylation is 1. The molecule has 0 spiro atoms. The minimum absolute atomic E-state index is 0.205. The second-order valence-electron chi connectivity index (χ2n) is 3.36. The normalized spacial score (nSPS) is 12.9. The summed E-state index contributed by atoms with van der Waals surface area (Å²) in [6.45, 7) is 2.27. The highest BCUT2D eigenvalue weighted by Gasteiger charge is 2.08. The van der Waals surface area contributed by atoms with E-state index in [9.17, 15) is 0 Å². The minimum atomic E-state index is 0.205. The van der Waals surface area contributed by atoms with Gasteiger partial charge in [-0.15, -0.1) is 0 Å². The molecule has 0 bridgehead atoms. The quantitative estimate of drug-likeness (QED) is 0.869. The Bertz CT molecular complexity index is 301. The predicted octanol–water partition coefficient (Wildman–Crippen LogP) is 2.40. The van der Waals surface area contributed by atoms with E-state index in [1.165, 1.54) is 11.1 Å². The molecule has 3 heteroatoms. The maximum Gasteiger partial charge on any atom is 0.0449 e. The molecule has 1 unspecified atom stereocenters. The first kappa shape index (κ1) is 11.7. The van der Waals surface area contributed by atoms with Crippen molar-refractivity contribution in [3.63, 3.8) is 0 Å². The summed E-state index contributed by atoms with van der Waals surface area (Å²) < 4.78 is 1.12. The summed E-state index contributed by atoms with van der Waals surface area (Å²) in [4.78, 5) is 0. The van der Waals surface area contributed by atoms with Crippen LogP contribution in [-0.4, -0.2) is 18.8 Å². The van der Waals surface area contributed by atoms with Crippen LogP contribution in [0, 0.1) is 6.92 Å². The lowest BCUT2D eigenvalue weighted by Crippen LogP contribution is -2.17. The van der Waals surface area contributed by atoms with Crippen molar-refractivity contribution in [1.29, 1.82) is 0 Å². The molecule has 0 aliphatic carbocycles. The molecule has 0 saturated carbocycles. The van der Waals surface area contributed by atoms with Gasteiger partial charge in [0.25, 0.3) is 0 Å². The Labute approximate surface area is 93.5 Å². The van der Waals surface area contributed by atoms with Crippen LogP contribution in [0.1, 0.15) is 23.6 Å². The highest BCUT2D eigenvalue weighted by atomic mass is 79.9. The molecule has 0 aromatic heterocycles. The SMILES string of the molecule is CNC(CCO)c1ccc(C)c(Br)c1. The van der Waals surface area contributed by atoms with Gasteiger partial charge in [0.05, 0.1) is 0 Å². The second-order valence-corrected chi connectivity index (χ2v) is 4.22. The first-order valence-corrected chi connectivity index (χ1v) is 5.52. The molecule has 14 heavy (non-hydrogen) atoms. The Morgan fingerprint density at radius 2 is 2.21 bits per heavy atom. The van der Waals surface area contributed by atoms with Crippen molar-refractivity contribution in [2.45, 2.75) is 19.4 Å². The molecule has 2 N–H and O–H groups in total. The van der Waals surface area contributed by atoms with E-state index in [2.05, 4.69) is 46.4 Å². The van der Waals surface area contributed by atoms with Crippen molar-refractivity contribution in [3.8, 4) is 0 Å². The van der Waals surface area contributed by atoms with Crippen LogP contribution in [0.3, 0.4) is 0 Å². The van der Waals surface area contributed by atoms with E-state index in [0.29, 0.717) is 0 Å². The molecule has 2 nitrogen and oxygen atoms in total. The Morgan fingerprint density at radius 1 is 1.50 bits per heavy atom. The molecule has 0 aliphatic heterocycles. The molecule has 1 aromatic rings. The summed E-state index contributed by atoms with van der Waals surface area (Å²) in [5.74, 6) is 0. The van der Waals surface area contributed by atoms with Crippen LogP contribution >= 0.6 is 15.9 Å². The lowest BCUT2D eigenvalue weighted by molar-refractivity contribution is 0.269. The van der Waals surface area contributed by atoms with E-state index in [1.54, 1.807) is 0 Å². The molecule has 0 aliphatic rings. The summed E-state index contributed by atoms with van der Waals surface area (Å²) in [7, 11) is 1.91. The fourth-order valence-corrected chi connectivity index (χ4v) is 1.83. The fraction of sp³-hybridized carbons (Fsp3) is 0.455. The Kier molecular flexibility index (Phi) is 4.58. The highest BCUT2D eigenvalue weighted by molar-refractivity contribution is 9.10. The average molecular weight is 258 g/mol.